The molecule has 0 fully saturated rings. The lowest BCUT2D eigenvalue weighted by Gasteiger charge is -2.24. The standard InChI is InChI=1S/C30H34N4O8S/c1-5-34(13-12-31-43(4,40)41)25-10-11-26(20(3)15-25)33-30(39)42-18-24-16-27(23(17-35)14-19(24)2)32-28(36)21-6-8-22(9-7-21)29(37)38/h6-11,14-17,31H,5,12-13,18H2,1-4H3,(H,32,36)(H,33,39)(H,37,38). The lowest BCUT2D eigenvalue weighted by atomic mass is 10.0. The van der Waals surface area contributed by atoms with Gasteiger partial charge in [0.25, 0.3) is 5.91 Å². The van der Waals surface area contributed by atoms with Gasteiger partial charge in [0.2, 0.25) is 10.0 Å². The number of ether oxygens (including phenoxy) is 1. The van der Waals surface area contributed by atoms with Gasteiger partial charge in [-0.1, -0.05) is 0 Å². The van der Waals surface area contributed by atoms with E-state index in [4.69, 9.17) is 9.84 Å². The number of carboxylic acid groups (broad SMARTS) is 1. The molecule has 0 aromatic heterocycles. The molecule has 0 aliphatic heterocycles. The molecule has 3 aromatic carbocycles. The monoisotopic (exact) mass is 610 g/mol. The maximum atomic E-state index is 12.7. The van der Waals surface area contributed by atoms with Crippen molar-refractivity contribution in [3.8, 4) is 0 Å². The van der Waals surface area contributed by atoms with Gasteiger partial charge in [0.1, 0.15) is 6.61 Å². The molecule has 12 nitrogen and oxygen atoms in total. The van der Waals surface area contributed by atoms with E-state index in [1.54, 1.807) is 25.1 Å². The minimum atomic E-state index is -3.28. The number of aldehydes is 1. The van der Waals surface area contributed by atoms with E-state index in [0.717, 1.165) is 17.5 Å². The van der Waals surface area contributed by atoms with E-state index in [1.807, 2.05) is 30.9 Å². The highest BCUT2D eigenvalue weighted by Crippen LogP contribution is 2.24. The minimum absolute atomic E-state index is 0.0340. The van der Waals surface area contributed by atoms with Crippen LogP contribution in [0.15, 0.2) is 54.6 Å². The number of likely N-dealkylation sites (N-methyl/N-ethyl adjacent to an activating group) is 1. The van der Waals surface area contributed by atoms with Crippen molar-refractivity contribution in [1.82, 2.24) is 4.72 Å². The van der Waals surface area contributed by atoms with E-state index in [1.165, 1.54) is 24.3 Å². The van der Waals surface area contributed by atoms with Gasteiger partial charge in [0.05, 0.1) is 17.5 Å². The van der Waals surface area contributed by atoms with Crippen molar-refractivity contribution in [3.05, 3.63) is 88.0 Å². The number of aryl methyl sites for hydroxylation is 2. The summed E-state index contributed by atoms with van der Waals surface area (Å²) in [7, 11) is -3.28. The van der Waals surface area contributed by atoms with Crippen LogP contribution in [0.5, 0.6) is 0 Å². The van der Waals surface area contributed by atoms with Gasteiger partial charge < -0.3 is 20.1 Å². The van der Waals surface area contributed by atoms with Crippen LogP contribution < -0.4 is 20.3 Å². The van der Waals surface area contributed by atoms with Crippen LogP contribution in [0.4, 0.5) is 21.9 Å². The fourth-order valence-electron chi connectivity index (χ4n) is 4.20. The van der Waals surface area contributed by atoms with Crippen molar-refractivity contribution in [2.75, 3.05) is 41.4 Å². The third-order valence-electron chi connectivity index (χ3n) is 6.58. The maximum absolute atomic E-state index is 12.7. The van der Waals surface area contributed by atoms with Crippen LogP contribution in [-0.2, 0) is 21.4 Å². The third kappa shape index (κ3) is 9.38. The van der Waals surface area contributed by atoms with E-state index in [-0.39, 0.29) is 35.5 Å². The quantitative estimate of drug-likeness (QED) is 0.207. The molecule has 2 amide bonds. The molecule has 0 heterocycles. The molecule has 0 radical (unpaired) electrons. The fraction of sp³-hybridized carbons (Fsp3) is 0.267. The largest absolute Gasteiger partial charge is 0.478 e. The smallest absolute Gasteiger partial charge is 0.411 e. The number of nitrogens with one attached hydrogen (secondary N) is 3. The molecule has 0 spiro atoms. The van der Waals surface area contributed by atoms with E-state index in [9.17, 15) is 27.6 Å². The summed E-state index contributed by atoms with van der Waals surface area (Å²) >= 11 is 0. The lowest BCUT2D eigenvalue weighted by Crippen LogP contribution is -2.34. The topological polar surface area (TPSA) is 171 Å². The minimum Gasteiger partial charge on any atom is -0.478 e. The van der Waals surface area contributed by atoms with Crippen molar-refractivity contribution < 1.29 is 37.4 Å². The van der Waals surface area contributed by atoms with Crippen LogP contribution in [0.2, 0.25) is 0 Å². The van der Waals surface area contributed by atoms with Crippen LogP contribution in [0.1, 0.15) is 54.7 Å². The van der Waals surface area contributed by atoms with Crippen LogP contribution in [0.25, 0.3) is 0 Å². The zero-order valence-corrected chi connectivity index (χ0v) is 25.1. The maximum Gasteiger partial charge on any atom is 0.411 e. The Bertz CT molecular complexity index is 1620. The molecule has 13 heteroatoms. The molecule has 0 aliphatic carbocycles. The van der Waals surface area contributed by atoms with Crippen molar-refractivity contribution in [2.24, 2.45) is 0 Å². The number of benzene rings is 3. The summed E-state index contributed by atoms with van der Waals surface area (Å²) in [6, 6.07) is 13.9. The van der Waals surface area contributed by atoms with Crippen molar-refractivity contribution in [3.63, 3.8) is 0 Å². The van der Waals surface area contributed by atoms with E-state index < -0.39 is 28.0 Å². The summed E-state index contributed by atoms with van der Waals surface area (Å²) in [5.74, 6) is -1.66. The number of amides is 2. The van der Waals surface area contributed by atoms with Gasteiger partial charge >= 0.3 is 12.1 Å². The summed E-state index contributed by atoms with van der Waals surface area (Å²) < 4.78 is 30.6. The molecule has 228 valence electrons. The first-order valence-electron chi connectivity index (χ1n) is 13.3. The Balaban J connectivity index is 1.65. The van der Waals surface area contributed by atoms with Crippen molar-refractivity contribution >= 4 is 51.3 Å². The number of sulfonamides is 1. The number of rotatable bonds is 13. The number of nitrogens with zero attached hydrogens (tertiary/aromatic N) is 1. The summed E-state index contributed by atoms with van der Waals surface area (Å²) in [5.41, 5.74) is 4.09. The molecular formula is C30H34N4O8S. The average Bonchev–Trinajstić information content (AvgIpc) is 2.95. The van der Waals surface area contributed by atoms with Crippen LogP contribution in [0.3, 0.4) is 0 Å². The molecule has 0 saturated carbocycles. The highest BCUT2D eigenvalue weighted by atomic mass is 32.2. The number of hydrogen-bond acceptors (Lipinski definition) is 8. The lowest BCUT2D eigenvalue weighted by molar-refractivity contribution is 0.0696. The first-order chi connectivity index (χ1) is 20.3. The summed E-state index contributed by atoms with van der Waals surface area (Å²) in [5, 5.41) is 14.4. The second-order valence-electron chi connectivity index (χ2n) is 9.77. The van der Waals surface area contributed by atoms with E-state index in [2.05, 4.69) is 15.4 Å². The first kappa shape index (κ1) is 32.8. The highest BCUT2D eigenvalue weighted by molar-refractivity contribution is 7.88. The van der Waals surface area contributed by atoms with Gasteiger partial charge in [-0.25, -0.2) is 22.7 Å². The molecule has 0 unspecified atom stereocenters. The summed E-state index contributed by atoms with van der Waals surface area (Å²) in [4.78, 5) is 50.1. The zero-order valence-electron chi connectivity index (χ0n) is 24.3. The number of anilines is 3. The van der Waals surface area contributed by atoms with Crippen molar-refractivity contribution in [2.45, 2.75) is 27.4 Å². The number of carbonyl (C=O) groups excluding carboxylic acids is 3. The van der Waals surface area contributed by atoms with E-state index in [0.29, 0.717) is 36.2 Å². The Hall–Kier alpha value is -4.75. The fourth-order valence-corrected chi connectivity index (χ4v) is 4.67. The highest BCUT2D eigenvalue weighted by Gasteiger charge is 2.15. The Morgan fingerprint density at radius 1 is 0.930 bits per heavy atom. The van der Waals surface area contributed by atoms with Gasteiger partial charge in [-0.15, -0.1) is 0 Å². The van der Waals surface area contributed by atoms with Crippen molar-refractivity contribution in [1.29, 1.82) is 0 Å². The average molecular weight is 611 g/mol. The molecule has 3 aromatic rings. The predicted octanol–water partition coefficient (Wildman–Crippen LogP) is 4.19. The SMILES string of the molecule is CCN(CCNS(C)(=O)=O)c1ccc(NC(=O)OCc2cc(NC(=O)c3ccc(C(=O)O)cc3)c(C=O)cc2C)c(C)c1. The van der Waals surface area contributed by atoms with Gasteiger partial charge in [-0.3, -0.25) is 14.9 Å². The summed E-state index contributed by atoms with van der Waals surface area (Å²) in [6.07, 6.45) is 1.00. The molecule has 0 atom stereocenters. The molecule has 0 saturated heterocycles. The molecule has 43 heavy (non-hydrogen) atoms. The molecule has 3 rings (SSSR count). The van der Waals surface area contributed by atoms with Gasteiger partial charge in [-0.05, 0) is 92.1 Å². The molecule has 0 aliphatic rings. The zero-order chi connectivity index (χ0) is 31.7. The van der Waals surface area contributed by atoms with E-state index >= 15 is 0 Å². The normalized spacial score (nSPS) is 11.0. The molecule has 0 bridgehead atoms. The van der Waals surface area contributed by atoms with Gasteiger partial charge in [-0.2, -0.15) is 0 Å². The number of carbonyl (C=O) groups is 4. The number of carboxylic acids is 1. The number of hydrogen-bond donors (Lipinski definition) is 4. The molecular weight excluding hydrogens is 576 g/mol. The molecule has 4 N–H and O–H groups in total. The van der Waals surface area contributed by atoms with Crippen LogP contribution >= 0.6 is 0 Å². The Morgan fingerprint density at radius 2 is 1.60 bits per heavy atom. The number of aromatic carboxylic acids is 1. The summed E-state index contributed by atoms with van der Waals surface area (Å²) in [6.45, 7) is 6.78. The Morgan fingerprint density at radius 3 is 2.19 bits per heavy atom. The Kier molecular flexibility index (Phi) is 11.0. The van der Waals surface area contributed by atoms with Crippen LogP contribution in [0, 0.1) is 13.8 Å². The van der Waals surface area contributed by atoms with Gasteiger partial charge in [0.15, 0.2) is 6.29 Å². The Labute approximate surface area is 250 Å². The predicted molar refractivity (Wildman–Crippen MR) is 164 cm³/mol. The third-order valence-corrected chi connectivity index (χ3v) is 7.30. The second-order valence-corrected chi connectivity index (χ2v) is 11.6. The second kappa shape index (κ2) is 14.4. The van der Waals surface area contributed by atoms with Gasteiger partial charge in [0, 0.05) is 42.1 Å². The first-order valence-corrected chi connectivity index (χ1v) is 15.2. The van der Waals surface area contributed by atoms with Crippen LogP contribution in [-0.4, -0.2) is 63.7 Å².